The van der Waals surface area contributed by atoms with E-state index in [1.54, 1.807) is 11.8 Å². The van der Waals surface area contributed by atoms with Gasteiger partial charge in [-0.2, -0.15) is 0 Å². The molecule has 2 aromatic carbocycles. The third kappa shape index (κ3) is 3.98. The molecule has 2 N–H and O–H groups in total. The topological polar surface area (TPSA) is 24.1 Å². The summed E-state index contributed by atoms with van der Waals surface area (Å²) in [4.78, 5) is 1.24. The molecule has 0 bridgehead atoms. The zero-order valence-electron chi connectivity index (χ0n) is 10.9. The molecule has 0 radical (unpaired) electrons. The summed E-state index contributed by atoms with van der Waals surface area (Å²) in [5.74, 6) is 0. The van der Waals surface area contributed by atoms with Gasteiger partial charge in [0.2, 0.25) is 0 Å². The fourth-order valence-electron chi connectivity index (χ4n) is 1.67. The number of benzene rings is 2. The van der Waals surface area contributed by atoms with Crippen LogP contribution in [0.2, 0.25) is 0 Å². The van der Waals surface area contributed by atoms with Crippen molar-refractivity contribution in [3.05, 3.63) is 54.1 Å². The molecule has 0 unspecified atom stereocenters. The van der Waals surface area contributed by atoms with Gasteiger partial charge in [0.1, 0.15) is 0 Å². The van der Waals surface area contributed by atoms with Gasteiger partial charge in [-0.05, 0) is 61.3 Å². The molecule has 0 amide bonds. The molecular weight excluding hydrogens is 272 g/mol. The Balaban J connectivity index is 1.99. The van der Waals surface area contributed by atoms with E-state index in [0.717, 1.165) is 11.4 Å². The zero-order chi connectivity index (χ0) is 13.7. The average molecular weight is 288 g/mol. The van der Waals surface area contributed by atoms with E-state index in [4.69, 9.17) is 12.2 Å². The van der Waals surface area contributed by atoms with Crippen molar-refractivity contribution < 1.29 is 0 Å². The molecule has 2 aromatic rings. The lowest BCUT2D eigenvalue weighted by Gasteiger charge is -2.12. The Labute approximate surface area is 123 Å². The molecule has 0 heterocycles. The lowest BCUT2D eigenvalue weighted by atomic mass is 10.2. The summed E-state index contributed by atoms with van der Waals surface area (Å²) in [5.41, 5.74) is 3.19. The van der Waals surface area contributed by atoms with Crippen LogP contribution in [0.3, 0.4) is 0 Å². The van der Waals surface area contributed by atoms with Gasteiger partial charge in [-0.25, -0.2) is 0 Å². The van der Waals surface area contributed by atoms with Crippen LogP contribution in [0.4, 0.5) is 11.4 Å². The van der Waals surface area contributed by atoms with E-state index in [2.05, 4.69) is 42.0 Å². The molecule has 0 aliphatic heterocycles. The summed E-state index contributed by atoms with van der Waals surface area (Å²) in [6.45, 7) is 2.05. The average Bonchev–Trinajstić information content (AvgIpc) is 2.42. The highest BCUT2D eigenvalue weighted by atomic mass is 32.2. The summed E-state index contributed by atoms with van der Waals surface area (Å²) >= 11 is 7.04. The Kier molecular flexibility index (Phi) is 4.82. The molecule has 0 fully saturated rings. The monoisotopic (exact) mass is 288 g/mol. The zero-order valence-corrected chi connectivity index (χ0v) is 12.6. The van der Waals surface area contributed by atoms with E-state index in [1.807, 2.05) is 30.3 Å². The Morgan fingerprint density at radius 1 is 1.00 bits per heavy atom. The van der Waals surface area contributed by atoms with Crippen LogP contribution in [-0.2, 0) is 0 Å². The molecule has 0 aromatic heterocycles. The van der Waals surface area contributed by atoms with Crippen LogP contribution < -0.4 is 10.6 Å². The van der Waals surface area contributed by atoms with E-state index in [0.29, 0.717) is 5.11 Å². The maximum atomic E-state index is 5.31. The fourth-order valence-corrected chi connectivity index (χ4v) is 2.31. The number of thiocarbonyl (C=S) groups is 1. The van der Waals surface area contributed by atoms with Crippen molar-refractivity contribution in [3.63, 3.8) is 0 Å². The highest BCUT2D eigenvalue weighted by Crippen LogP contribution is 2.18. The van der Waals surface area contributed by atoms with Crippen LogP contribution in [-0.4, -0.2) is 11.4 Å². The van der Waals surface area contributed by atoms with Crippen LogP contribution >= 0.6 is 24.0 Å². The SMILES string of the molecule is CSc1ccc(NC(=S)Nc2ccccc2C)cc1. The van der Waals surface area contributed by atoms with Crippen LogP contribution in [0.15, 0.2) is 53.4 Å². The van der Waals surface area contributed by atoms with Crippen LogP contribution in [0.1, 0.15) is 5.56 Å². The Morgan fingerprint density at radius 3 is 2.32 bits per heavy atom. The number of para-hydroxylation sites is 1. The standard InChI is InChI=1S/C15H16N2S2/c1-11-5-3-4-6-14(11)17-15(18)16-12-7-9-13(19-2)10-8-12/h3-10H,1-2H3,(H2,16,17,18). The number of nitrogens with one attached hydrogen (secondary N) is 2. The second kappa shape index (κ2) is 6.59. The van der Waals surface area contributed by atoms with Gasteiger partial charge < -0.3 is 10.6 Å². The molecule has 0 aliphatic carbocycles. The minimum Gasteiger partial charge on any atom is -0.332 e. The van der Waals surface area contributed by atoms with Crippen molar-refractivity contribution in [1.82, 2.24) is 0 Å². The summed E-state index contributed by atoms with van der Waals surface area (Å²) < 4.78 is 0. The van der Waals surface area contributed by atoms with Crippen LogP contribution in [0.25, 0.3) is 0 Å². The summed E-state index contributed by atoms with van der Waals surface area (Å²) in [7, 11) is 0. The predicted octanol–water partition coefficient (Wildman–Crippen LogP) is 4.53. The minimum absolute atomic E-state index is 0.603. The molecule has 0 saturated carbocycles. The number of hydrogen-bond donors (Lipinski definition) is 2. The maximum absolute atomic E-state index is 5.31. The number of aryl methyl sites for hydroxylation is 1. The van der Waals surface area contributed by atoms with Gasteiger partial charge in [-0.3, -0.25) is 0 Å². The van der Waals surface area contributed by atoms with Crippen molar-refractivity contribution in [1.29, 1.82) is 0 Å². The van der Waals surface area contributed by atoms with E-state index in [1.165, 1.54) is 10.5 Å². The second-order valence-corrected chi connectivity index (χ2v) is 5.41. The Bertz CT molecular complexity index is 565. The van der Waals surface area contributed by atoms with Gasteiger partial charge in [-0.1, -0.05) is 18.2 Å². The first-order valence-electron chi connectivity index (χ1n) is 5.97. The normalized spacial score (nSPS) is 10.0. The fraction of sp³-hybridized carbons (Fsp3) is 0.133. The predicted molar refractivity (Wildman–Crippen MR) is 89.2 cm³/mol. The summed E-state index contributed by atoms with van der Waals surface area (Å²) in [5, 5.41) is 6.99. The van der Waals surface area contributed by atoms with Gasteiger partial charge in [0.25, 0.3) is 0 Å². The van der Waals surface area contributed by atoms with Crippen molar-refractivity contribution in [2.45, 2.75) is 11.8 Å². The molecule has 0 spiro atoms. The molecular formula is C15H16N2S2. The van der Waals surface area contributed by atoms with Gasteiger partial charge in [0.05, 0.1) is 0 Å². The van der Waals surface area contributed by atoms with E-state index in [-0.39, 0.29) is 0 Å². The van der Waals surface area contributed by atoms with Gasteiger partial charge in [0, 0.05) is 16.3 Å². The van der Waals surface area contributed by atoms with Crippen molar-refractivity contribution in [3.8, 4) is 0 Å². The molecule has 0 atom stereocenters. The molecule has 4 heteroatoms. The Hall–Kier alpha value is -1.52. The van der Waals surface area contributed by atoms with Crippen molar-refractivity contribution in [2.24, 2.45) is 0 Å². The highest BCUT2D eigenvalue weighted by molar-refractivity contribution is 7.98. The van der Waals surface area contributed by atoms with Crippen molar-refractivity contribution in [2.75, 3.05) is 16.9 Å². The number of hydrogen-bond acceptors (Lipinski definition) is 2. The van der Waals surface area contributed by atoms with Crippen LogP contribution in [0, 0.1) is 6.92 Å². The third-order valence-corrected chi connectivity index (χ3v) is 3.69. The summed E-state index contributed by atoms with van der Waals surface area (Å²) in [6.07, 6.45) is 2.06. The molecule has 2 nitrogen and oxygen atoms in total. The molecule has 19 heavy (non-hydrogen) atoms. The van der Waals surface area contributed by atoms with Crippen molar-refractivity contribution >= 4 is 40.5 Å². The minimum atomic E-state index is 0.603. The lowest BCUT2D eigenvalue weighted by molar-refractivity contribution is 1.44. The number of rotatable bonds is 3. The maximum Gasteiger partial charge on any atom is 0.175 e. The quantitative estimate of drug-likeness (QED) is 0.640. The van der Waals surface area contributed by atoms with E-state index >= 15 is 0 Å². The van der Waals surface area contributed by atoms with E-state index < -0.39 is 0 Å². The third-order valence-electron chi connectivity index (χ3n) is 2.74. The molecule has 0 saturated heterocycles. The molecule has 2 rings (SSSR count). The molecule has 98 valence electrons. The lowest BCUT2D eigenvalue weighted by Crippen LogP contribution is -2.19. The number of anilines is 2. The van der Waals surface area contributed by atoms with Gasteiger partial charge in [0.15, 0.2) is 5.11 Å². The first-order valence-corrected chi connectivity index (χ1v) is 7.60. The second-order valence-electron chi connectivity index (χ2n) is 4.12. The van der Waals surface area contributed by atoms with E-state index in [9.17, 15) is 0 Å². The van der Waals surface area contributed by atoms with Crippen LogP contribution in [0.5, 0.6) is 0 Å². The molecule has 0 aliphatic rings. The summed E-state index contributed by atoms with van der Waals surface area (Å²) in [6, 6.07) is 16.3. The Morgan fingerprint density at radius 2 is 1.68 bits per heavy atom. The van der Waals surface area contributed by atoms with Gasteiger partial charge >= 0.3 is 0 Å². The van der Waals surface area contributed by atoms with Gasteiger partial charge in [-0.15, -0.1) is 11.8 Å². The number of thioether (sulfide) groups is 1. The largest absolute Gasteiger partial charge is 0.332 e. The first kappa shape index (κ1) is 13.9. The highest BCUT2D eigenvalue weighted by Gasteiger charge is 2.01. The smallest absolute Gasteiger partial charge is 0.175 e. The first-order chi connectivity index (χ1) is 9.19.